The maximum atomic E-state index is 12.0. The van der Waals surface area contributed by atoms with Crippen LogP contribution in [0.15, 0.2) is 17.2 Å². The SMILES string of the molecule is O=S(=O)(NC1CCSC1)c1cnc(Cl)c(Cl)c1. The van der Waals surface area contributed by atoms with Crippen molar-refractivity contribution in [2.24, 2.45) is 0 Å². The molecule has 2 rings (SSSR count). The van der Waals surface area contributed by atoms with Gasteiger partial charge in [0.2, 0.25) is 10.0 Å². The Morgan fingerprint density at radius 3 is 2.82 bits per heavy atom. The van der Waals surface area contributed by atoms with Crippen LogP contribution in [0.3, 0.4) is 0 Å². The molecule has 2 heterocycles. The highest BCUT2D eigenvalue weighted by atomic mass is 35.5. The summed E-state index contributed by atoms with van der Waals surface area (Å²) in [5.74, 6) is 1.78. The summed E-state index contributed by atoms with van der Waals surface area (Å²) in [6.45, 7) is 0. The van der Waals surface area contributed by atoms with E-state index >= 15 is 0 Å². The Morgan fingerprint density at radius 2 is 2.24 bits per heavy atom. The summed E-state index contributed by atoms with van der Waals surface area (Å²) in [6.07, 6.45) is 2.05. The predicted molar refractivity (Wildman–Crippen MR) is 70.3 cm³/mol. The summed E-state index contributed by atoms with van der Waals surface area (Å²) >= 11 is 13.1. The summed E-state index contributed by atoms with van der Waals surface area (Å²) in [7, 11) is -3.55. The highest BCUT2D eigenvalue weighted by Crippen LogP contribution is 2.23. The second kappa shape index (κ2) is 5.32. The summed E-state index contributed by atoms with van der Waals surface area (Å²) < 4.78 is 26.6. The molecule has 0 spiro atoms. The van der Waals surface area contributed by atoms with Gasteiger partial charge in [-0.3, -0.25) is 0 Å². The van der Waals surface area contributed by atoms with Crippen molar-refractivity contribution in [2.45, 2.75) is 17.4 Å². The fourth-order valence-electron chi connectivity index (χ4n) is 1.47. The molecule has 0 radical (unpaired) electrons. The Morgan fingerprint density at radius 1 is 1.47 bits per heavy atom. The van der Waals surface area contributed by atoms with Crippen molar-refractivity contribution in [3.63, 3.8) is 0 Å². The molecule has 0 saturated carbocycles. The van der Waals surface area contributed by atoms with Crippen LogP contribution in [0.2, 0.25) is 10.2 Å². The van der Waals surface area contributed by atoms with Gasteiger partial charge in [-0.25, -0.2) is 18.1 Å². The monoisotopic (exact) mass is 312 g/mol. The molecular weight excluding hydrogens is 303 g/mol. The van der Waals surface area contributed by atoms with E-state index in [1.54, 1.807) is 11.8 Å². The van der Waals surface area contributed by atoms with Crippen LogP contribution in [0.5, 0.6) is 0 Å². The molecule has 0 bridgehead atoms. The lowest BCUT2D eigenvalue weighted by molar-refractivity contribution is 0.563. The summed E-state index contributed by atoms with van der Waals surface area (Å²) in [6, 6.07) is 1.29. The lowest BCUT2D eigenvalue weighted by Crippen LogP contribution is -2.34. The van der Waals surface area contributed by atoms with Gasteiger partial charge in [0.1, 0.15) is 10.0 Å². The van der Waals surface area contributed by atoms with Crippen molar-refractivity contribution in [2.75, 3.05) is 11.5 Å². The lowest BCUT2D eigenvalue weighted by Gasteiger charge is -2.11. The molecule has 1 aromatic rings. The third-order valence-corrected chi connectivity index (χ3v) is 5.67. The van der Waals surface area contributed by atoms with Gasteiger partial charge in [-0.1, -0.05) is 23.2 Å². The van der Waals surface area contributed by atoms with Gasteiger partial charge in [-0.05, 0) is 18.2 Å². The van der Waals surface area contributed by atoms with Crippen molar-refractivity contribution < 1.29 is 8.42 Å². The minimum Gasteiger partial charge on any atom is -0.242 e. The largest absolute Gasteiger partial charge is 0.242 e. The first kappa shape index (κ1) is 13.4. The van der Waals surface area contributed by atoms with E-state index < -0.39 is 10.0 Å². The first-order chi connectivity index (χ1) is 7.99. The molecule has 0 aromatic carbocycles. The van der Waals surface area contributed by atoms with E-state index in [2.05, 4.69) is 9.71 Å². The third-order valence-electron chi connectivity index (χ3n) is 2.33. The van der Waals surface area contributed by atoms with Gasteiger partial charge in [0.05, 0.1) is 5.02 Å². The maximum Gasteiger partial charge on any atom is 0.242 e. The van der Waals surface area contributed by atoms with E-state index in [9.17, 15) is 8.42 Å². The van der Waals surface area contributed by atoms with Crippen LogP contribution < -0.4 is 4.72 Å². The van der Waals surface area contributed by atoms with Gasteiger partial charge in [-0.2, -0.15) is 11.8 Å². The number of thioether (sulfide) groups is 1. The second-order valence-corrected chi connectivity index (χ2v) is 7.25. The molecule has 0 aliphatic carbocycles. The molecule has 1 aromatic heterocycles. The van der Waals surface area contributed by atoms with E-state index in [1.807, 2.05) is 0 Å². The zero-order valence-electron chi connectivity index (χ0n) is 8.69. The molecule has 1 aliphatic heterocycles. The number of hydrogen-bond donors (Lipinski definition) is 1. The first-order valence-electron chi connectivity index (χ1n) is 4.90. The van der Waals surface area contributed by atoms with Crippen LogP contribution in [0.4, 0.5) is 0 Å². The van der Waals surface area contributed by atoms with E-state index in [0.717, 1.165) is 17.9 Å². The number of rotatable bonds is 3. The summed E-state index contributed by atoms with van der Waals surface area (Å²) in [5, 5.41) is 0.234. The standard InChI is InChI=1S/C9H10Cl2N2O2S2/c10-8-3-7(4-12-9(8)11)17(14,15)13-6-1-2-16-5-6/h3-4,6,13H,1-2,5H2. The first-order valence-corrected chi connectivity index (χ1v) is 8.29. The van der Waals surface area contributed by atoms with Gasteiger partial charge in [-0.15, -0.1) is 0 Å². The number of aromatic nitrogens is 1. The number of nitrogens with zero attached hydrogens (tertiary/aromatic N) is 1. The Bertz CT molecular complexity index is 516. The number of nitrogens with one attached hydrogen (secondary N) is 1. The quantitative estimate of drug-likeness (QED) is 0.869. The molecule has 1 saturated heterocycles. The smallest absolute Gasteiger partial charge is 0.242 e. The van der Waals surface area contributed by atoms with Crippen molar-refractivity contribution >= 4 is 45.0 Å². The zero-order valence-corrected chi connectivity index (χ0v) is 11.8. The Kier molecular flexibility index (Phi) is 4.20. The molecular formula is C9H10Cl2N2O2S2. The molecule has 1 atom stereocenters. The molecule has 8 heteroatoms. The number of pyridine rings is 1. The van der Waals surface area contributed by atoms with E-state index in [0.29, 0.717) is 0 Å². The fraction of sp³-hybridized carbons (Fsp3) is 0.444. The molecule has 4 nitrogen and oxygen atoms in total. The number of halogens is 2. The highest BCUT2D eigenvalue weighted by molar-refractivity contribution is 7.99. The van der Waals surface area contributed by atoms with Crippen LogP contribution >= 0.6 is 35.0 Å². The molecule has 1 aliphatic rings. The van der Waals surface area contributed by atoms with Gasteiger partial charge >= 0.3 is 0 Å². The van der Waals surface area contributed by atoms with Gasteiger partial charge in [0, 0.05) is 18.0 Å². The fourth-order valence-corrected chi connectivity index (χ4v) is 4.30. The van der Waals surface area contributed by atoms with Crippen LogP contribution in [0.25, 0.3) is 0 Å². The van der Waals surface area contributed by atoms with E-state index in [4.69, 9.17) is 23.2 Å². The van der Waals surface area contributed by atoms with Crippen LogP contribution in [0.1, 0.15) is 6.42 Å². The van der Waals surface area contributed by atoms with Crippen molar-refractivity contribution in [3.05, 3.63) is 22.4 Å². The Labute approximate surface area is 114 Å². The number of sulfonamides is 1. The molecule has 0 amide bonds. The molecule has 1 N–H and O–H groups in total. The number of hydrogen-bond acceptors (Lipinski definition) is 4. The minimum atomic E-state index is -3.55. The molecule has 1 fully saturated rings. The molecule has 1 unspecified atom stereocenters. The predicted octanol–water partition coefficient (Wildman–Crippen LogP) is 2.17. The van der Waals surface area contributed by atoms with E-state index in [-0.39, 0.29) is 21.1 Å². The van der Waals surface area contributed by atoms with Crippen LogP contribution in [0, 0.1) is 0 Å². The van der Waals surface area contributed by atoms with Crippen molar-refractivity contribution in [1.82, 2.24) is 9.71 Å². The Hall–Kier alpha value is -0.0100. The topological polar surface area (TPSA) is 59.1 Å². The van der Waals surface area contributed by atoms with Gasteiger partial charge < -0.3 is 0 Å². The van der Waals surface area contributed by atoms with Crippen LogP contribution in [-0.4, -0.2) is 30.9 Å². The van der Waals surface area contributed by atoms with Crippen LogP contribution in [-0.2, 0) is 10.0 Å². The average molecular weight is 313 g/mol. The third kappa shape index (κ3) is 3.26. The second-order valence-electron chi connectivity index (χ2n) is 3.63. The molecule has 17 heavy (non-hydrogen) atoms. The normalized spacial score (nSPS) is 20.7. The van der Waals surface area contributed by atoms with Gasteiger partial charge in [0.15, 0.2) is 0 Å². The summed E-state index contributed by atoms with van der Waals surface area (Å²) in [5.41, 5.74) is 0. The van der Waals surface area contributed by atoms with Gasteiger partial charge in [0.25, 0.3) is 0 Å². The van der Waals surface area contributed by atoms with Crippen molar-refractivity contribution in [3.8, 4) is 0 Å². The van der Waals surface area contributed by atoms with E-state index in [1.165, 1.54) is 12.3 Å². The Balaban J connectivity index is 2.21. The summed E-state index contributed by atoms with van der Waals surface area (Å²) in [4.78, 5) is 3.77. The highest BCUT2D eigenvalue weighted by Gasteiger charge is 2.23. The minimum absolute atomic E-state index is 0.0144. The van der Waals surface area contributed by atoms with Crippen molar-refractivity contribution in [1.29, 1.82) is 0 Å². The lowest BCUT2D eigenvalue weighted by atomic mass is 10.3. The molecule has 94 valence electrons. The zero-order chi connectivity index (χ0) is 12.5. The maximum absolute atomic E-state index is 12.0. The average Bonchev–Trinajstić information content (AvgIpc) is 2.73.